The lowest BCUT2D eigenvalue weighted by molar-refractivity contribution is -0.329. The summed E-state index contributed by atoms with van der Waals surface area (Å²) in [6.45, 7) is -0.129. The number of aliphatic hydroxyl groups is 2. The Kier molecular flexibility index (Phi) is 8.32. The minimum Gasteiger partial charge on any atom is -0.550 e. The maximum atomic E-state index is 11.2. The number of carboxylic acids is 2. The first-order chi connectivity index (χ1) is 8.48. The maximum Gasteiger partial charge on any atom is 0.0479 e. The molecule has 0 amide bonds. The number of carboxylic acid groups (broad SMARTS) is 2. The van der Waals surface area contributed by atoms with E-state index in [0.717, 1.165) is 0 Å². The van der Waals surface area contributed by atoms with Gasteiger partial charge in [-0.1, -0.05) is 12.8 Å². The van der Waals surface area contributed by atoms with Crippen LogP contribution in [0.1, 0.15) is 44.9 Å². The highest BCUT2D eigenvalue weighted by Crippen LogP contribution is 2.34. The van der Waals surface area contributed by atoms with Gasteiger partial charge in [-0.2, -0.15) is 0 Å². The summed E-state index contributed by atoms with van der Waals surface area (Å²) in [5.74, 6) is -2.82. The van der Waals surface area contributed by atoms with E-state index in [1.807, 2.05) is 0 Å². The van der Waals surface area contributed by atoms with E-state index < -0.39 is 23.8 Å². The molecule has 18 heavy (non-hydrogen) atoms. The summed E-state index contributed by atoms with van der Waals surface area (Å²) in [6.07, 6.45) is 1.34. The van der Waals surface area contributed by atoms with Gasteiger partial charge in [-0.15, -0.1) is 0 Å². The molecule has 0 bridgehead atoms. The Labute approximate surface area is 106 Å². The molecule has 6 nitrogen and oxygen atoms in total. The van der Waals surface area contributed by atoms with Crippen LogP contribution in [0.3, 0.4) is 0 Å². The van der Waals surface area contributed by atoms with Crippen LogP contribution < -0.4 is 10.2 Å². The van der Waals surface area contributed by atoms with E-state index in [-0.39, 0.29) is 26.1 Å². The van der Waals surface area contributed by atoms with Crippen molar-refractivity contribution >= 4 is 11.9 Å². The summed E-state index contributed by atoms with van der Waals surface area (Å²) in [5, 5.41) is 39.2. The van der Waals surface area contributed by atoms with Crippen molar-refractivity contribution in [3.63, 3.8) is 0 Å². The van der Waals surface area contributed by atoms with Gasteiger partial charge >= 0.3 is 0 Å². The van der Waals surface area contributed by atoms with E-state index in [0.29, 0.717) is 25.7 Å². The molecule has 0 spiro atoms. The molecular formula is C12H20O6-2. The van der Waals surface area contributed by atoms with E-state index in [1.165, 1.54) is 0 Å². The number of rotatable bonds is 11. The minimum absolute atomic E-state index is 0.0644. The van der Waals surface area contributed by atoms with E-state index in [1.54, 1.807) is 0 Å². The second kappa shape index (κ2) is 8.88. The number of carbonyl (C=O) groups is 2. The highest BCUT2D eigenvalue weighted by molar-refractivity contribution is 5.79. The topological polar surface area (TPSA) is 121 Å². The van der Waals surface area contributed by atoms with E-state index in [9.17, 15) is 19.8 Å². The number of aliphatic hydroxyl groups excluding tert-OH is 2. The van der Waals surface area contributed by atoms with Crippen LogP contribution in [0.15, 0.2) is 0 Å². The van der Waals surface area contributed by atoms with Gasteiger partial charge < -0.3 is 30.0 Å². The Bertz CT molecular complexity index is 253. The molecule has 6 heteroatoms. The summed E-state index contributed by atoms with van der Waals surface area (Å²) in [5.41, 5.74) is -1.46. The normalized spacial score (nSPS) is 11.4. The van der Waals surface area contributed by atoms with Crippen LogP contribution in [-0.4, -0.2) is 35.4 Å². The zero-order valence-electron chi connectivity index (χ0n) is 10.4. The van der Waals surface area contributed by atoms with Crippen LogP contribution in [-0.2, 0) is 9.59 Å². The third-order valence-corrected chi connectivity index (χ3v) is 3.04. The quantitative estimate of drug-likeness (QED) is 0.422. The van der Waals surface area contributed by atoms with Crippen molar-refractivity contribution in [1.82, 2.24) is 0 Å². The molecule has 0 aliphatic carbocycles. The van der Waals surface area contributed by atoms with E-state index in [2.05, 4.69) is 0 Å². The first kappa shape index (κ1) is 16.9. The maximum absolute atomic E-state index is 11.2. The second-order valence-electron chi connectivity index (χ2n) is 4.48. The lowest BCUT2D eigenvalue weighted by atomic mass is 9.75. The molecule has 0 unspecified atom stereocenters. The monoisotopic (exact) mass is 260 g/mol. The van der Waals surface area contributed by atoms with Crippen molar-refractivity contribution in [2.75, 3.05) is 13.2 Å². The van der Waals surface area contributed by atoms with Crippen LogP contribution in [0.5, 0.6) is 0 Å². The Hall–Kier alpha value is -1.14. The predicted molar refractivity (Wildman–Crippen MR) is 58.9 cm³/mol. The third-order valence-electron chi connectivity index (χ3n) is 3.04. The fourth-order valence-corrected chi connectivity index (χ4v) is 2.00. The van der Waals surface area contributed by atoms with Crippen molar-refractivity contribution in [2.24, 2.45) is 5.41 Å². The first-order valence-corrected chi connectivity index (χ1v) is 6.11. The van der Waals surface area contributed by atoms with Crippen LogP contribution >= 0.6 is 0 Å². The van der Waals surface area contributed by atoms with Gasteiger partial charge in [0.2, 0.25) is 0 Å². The van der Waals surface area contributed by atoms with Gasteiger partial charge in [0.25, 0.3) is 0 Å². The summed E-state index contributed by atoms with van der Waals surface area (Å²) in [4.78, 5) is 21.9. The molecule has 0 aromatic rings. The zero-order chi connectivity index (χ0) is 14.0. The average Bonchev–Trinajstić information content (AvgIpc) is 2.28. The highest BCUT2D eigenvalue weighted by atomic mass is 16.4. The standard InChI is InChI=1S/C12H22O6/c13-7-3-1-5-12(11(17)18,9-10(15)16)6-2-4-8-14/h13-14H,1-9H2,(H,15,16)(H,17,18)/p-2. The molecule has 0 radical (unpaired) electrons. The molecule has 0 aromatic carbocycles. The summed E-state index contributed by atoms with van der Waals surface area (Å²) in [6, 6.07) is 0. The Morgan fingerprint density at radius 1 is 0.889 bits per heavy atom. The lowest BCUT2D eigenvalue weighted by Crippen LogP contribution is -2.46. The average molecular weight is 260 g/mol. The number of hydrogen-bond acceptors (Lipinski definition) is 6. The van der Waals surface area contributed by atoms with Gasteiger partial charge in [-0.3, -0.25) is 0 Å². The van der Waals surface area contributed by atoms with Gasteiger partial charge in [0.1, 0.15) is 0 Å². The first-order valence-electron chi connectivity index (χ1n) is 6.11. The molecule has 0 aliphatic rings. The molecule has 0 fully saturated rings. The van der Waals surface area contributed by atoms with Crippen molar-refractivity contribution in [3.05, 3.63) is 0 Å². The Balaban J connectivity index is 4.67. The summed E-state index contributed by atoms with van der Waals surface area (Å²) >= 11 is 0. The van der Waals surface area contributed by atoms with Gasteiger partial charge in [0.05, 0.1) is 0 Å². The molecule has 0 atom stereocenters. The van der Waals surface area contributed by atoms with Gasteiger partial charge in [-0.05, 0) is 32.1 Å². The fraction of sp³-hybridized carbons (Fsp3) is 0.833. The van der Waals surface area contributed by atoms with E-state index >= 15 is 0 Å². The smallest absolute Gasteiger partial charge is 0.0479 e. The van der Waals surface area contributed by atoms with Gasteiger partial charge in [-0.25, -0.2) is 0 Å². The number of aliphatic carboxylic acids is 2. The van der Waals surface area contributed by atoms with Crippen LogP contribution in [0.25, 0.3) is 0 Å². The van der Waals surface area contributed by atoms with E-state index in [4.69, 9.17) is 10.2 Å². The fourth-order valence-electron chi connectivity index (χ4n) is 2.00. The predicted octanol–water partition coefficient (Wildman–Crippen LogP) is -1.81. The SMILES string of the molecule is O=C([O-])CC(CCCCO)(CCCCO)C(=O)[O-]. The second-order valence-corrected chi connectivity index (χ2v) is 4.48. The summed E-state index contributed by atoms with van der Waals surface area (Å²) < 4.78 is 0. The molecule has 0 heterocycles. The summed E-state index contributed by atoms with van der Waals surface area (Å²) in [7, 11) is 0. The van der Waals surface area contributed by atoms with Crippen molar-refractivity contribution in [2.45, 2.75) is 44.9 Å². The zero-order valence-corrected chi connectivity index (χ0v) is 10.4. The van der Waals surface area contributed by atoms with Crippen LogP contribution in [0.4, 0.5) is 0 Å². The molecular weight excluding hydrogens is 240 g/mol. The molecule has 0 aliphatic heterocycles. The Morgan fingerprint density at radius 2 is 1.33 bits per heavy atom. The molecule has 0 aromatic heterocycles. The van der Waals surface area contributed by atoms with Gasteiger partial charge in [0.15, 0.2) is 0 Å². The van der Waals surface area contributed by atoms with Crippen molar-refractivity contribution in [1.29, 1.82) is 0 Å². The number of hydrogen-bond donors (Lipinski definition) is 2. The number of carbonyl (C=O) groups excluding carboxylic acids is 2. The molecule has 0 rings (SSSR count). The molecule has 106 valence electrons. The lowest BCUT2D eigenvalue weighted by Gasteiger charge is -2.35. The highest BCUT2D eigenvalue weighted by Gasteiger charge is 2.31. The van der Waals surface area contributed by atoms with Crippen molar-refractivity contribution < 1.29 is 30.0 Å². The van der Waals surface area contributed by atoms with Crippen LogP contribution in [0, 0.1) is 5.41 Å². The third kappa shape index (κ3) is 5.97. The molecule has 0 saturated carbocycles. The van der Waals surface area contributed by atoms with Crippen molar-refractivity contribution in [3.8, 4) is 0 Å². The Morgan fingerprint density at radius 3 is 1.61 bits per heavy atom. The van der Waals surface area contributed by atoms with Gasteiger partial charge in [0, 0.05) is 30.6 Å². The minimum atomic E-state index is -1.46. The molecule has 2 N–H and O–H groups in total. The molecule has 0 saturated heterocycles. The van der Waals surface area contributed by atoms with Crippen LogP contribution in [0.2, 0.25) is 0 Å². The largest absolute Gasteiger partial charge is 0.550 e. The number of unbranched alkanes of at least 4 members (excludes halogenated alkanes) is 2.